The Bertz CT molecular complexity index is 673. The number of halogens is 3. The molecular formula is C17H16F3NO. The molecule has 22 heavy (non-hydrogen) atoms. The Balaban J connectivity index is 1.89. The Morgan fingerprint density at radius 2 is 1.86 bits per heavy atom. The standard InChI is InChI=1S/C17H16F3NO/c1-11(13-6-7-15(19)16(20)10-13)21-17(22)8-5-12-3-2-4-14(18)9-12/h2-4,6-7,9-11H,5,8H2,1H3,(H,21,22). The molecule has 0 saturated carbocycles. The van der Waals surface area contributed by atoms with Gasteiger partial charge in [-0.3, -0.25) is 4.79 Å². The van der Waals surface area contributed by atoms with E-state index in [2.05, 4.69) is 5.32 Å². The maximum Gasteiger partial charge on any atom is 0.220 e. The van der Waals surface area contributed by atoms with Crippen LogP contribution in [0.1, 0.15) is 30.5 Å². The topological polar surface area (TPSA) is 29.1 Å². The molecule has 2 rings (SSSR count). The lowest BCUT2D eigenvalue weighted by Gasteiger charge is -2.14. The third-order valence-corrected chi connectivity index (χ3v) is 3.35. The van der Waals surface area contributed by atoms with Gasteiger partial charge >= 0.3 is 0 Å². The van der Waals surface area contributed by atoms with Crippen molar-refractivity contribution in [3.63, 3.8) is 0 Å². The summed E-state index contributed by atoms with van der Waals surface area (Å²) in [5, 5.41) is 2.71. The van der Waals surface area contributed by atoms with Crippen LogP contribution >= 0.6 is 0 Å². The van der Waals surface area contributed by atoms with Gasteiger partial charge in [0, 0.05) is 6.42 Å². The van der Waals surface area contributed by atoms with Crippen molar-refractivity contribution in [1.29, 1.82) is 0 Å². The molecule has 2 aromatic rings. The van der Waals surface area contributed by atoms with E-state index in [0.717, 1.165) is 17.7 Å². The number of carbonyl (C=O) groups is 1. The number of amides is 1. The average Bonchev–Trinajstić information content (AvgIpc) is 2.48. The number of hydrogen-bond acceptors (Lipinski definition) is 1. The molecule has 116 valence electrons. The monoisotopic (exact) mass is 307 g/mol. The van der Waals surface area contributed by atoms with E-state index in [9.17, 15) is 18.0 Å². The Hall–Kier alpha value is -2.30. The maximum absolute atomic E-state index is 13.2. The fourth-order valence-electron chi connectivity index (χ4n) is 2.13. The van der Waals surface area contributed by atoms with E-state index < -0.39 is 17.7 Å². The van der Waals surface area contributed by atoms with Crippen LogP contribution in [0.3, 0.4) is 0 Å². The fraction of sp³-hybridized carbons (Fsp3) is 0.235. The lowest BCUT2D eigenvalue weighted by Crippen LogP contribution is -2.26. The van der Waals surface area contributed by atoms with Gasteiger partial charge in [0.05, 0.1) is 6.04 Å². The van der Waals surface area contributed by atoms with Crippen LogP contribution < -0.4 is 5.32 Å². The highest BCUT2D eigenvalue weighted by atomic mass is 19.2. The highest BCUT2D eigenvalue weighted by Crippen LogP contribution is 2.16. The highest BCUT2D eigenvalue weighted by Gasteiger charge is 2.12. The number of rotatable bonds is 5. The van der Waals surface area contributed by atoms with E-state index >= 15 is 0 Å². The van der Waals surface area contributed by atoms with Crippen LogP contribution in [0.15, 0.2) is 42.5 Å². The summed E-state index contributed by atoms with van der Waals surface area (Å²) < 4.78 is 39.1. The number of carbonyl (C=O) groups excluding carboxylic acids is 1. The van der Waals surface area contributed by atoms with Crippen LogP contribution in [-0.4, -0.2) is 5.91 Å². The predicted molar refractivity (Wildman–Crippen MR) is 77.6 cm³/mol. The minimum Gasteiger partial charge on any atom is -0.350 e. The molecule has 0 aliphatic rings. The first-order valence-corrected chi connectivity index (χ1v) is 6.94. The molecule has 0 radical (unpaired) electrons. The van der Waals surface area contributed by atoms with E-state index in [1.165, 1.54) is 18.2 Å². The van der Waals surface area contributed by atoms with E-state index in [1.807, 2.05) is 0 Å². The summed E-state index contributed by atoms with van der Waals surface area (Å²) >= 11 is 0. The Labute approximate surface area is 127 Å². The Kier molecular flexibility index (Phi) is 5.20. The third-order valence-electron chi connectivity index (χ3n) is 3.35. The fourth-order valence-corrected chi connectivity index (χ4v) is 2.13. The first kappa shape index (κ1) is 16.1. The predicted octanol–water partition coefficient (Wildman–Crippen LogP) is 3.91. The summed E-state index contributed by atoms with van der Waals surface area (Å²) in [6.45, 7) is 1.69. The molecule has 1 N–H and O–H groups in total. The van der Waals surface area contributed by atoms with E-state index in [0.29, 0.717) is 12.0 Å². The Morgan fingerprint density at radius 1 is 1.09 bits per heavy atom. The van der Waals surface area contributed by atoms with Crippen molar-refractivity contribution in [1.82, 2.24) is 5.32 Å². The molecule has 0 heterocycles. The molecule has 2 aromatic carbocycles. The quantitative estimate of drug-likeness (QED) is 0.891. The van der Waals surface area contributed by atoms with Crippen LogP contribution in [0.4, 0.5) is 13.2 Å². The van der Waals surface area contributed by atoms with Crippen LogP contribution in [0.2, 0.25) is 0 Å². The second kappa shape index (κ2) is 7.11. The normalized spacial score (nSPS) is 12.0. The van der Waals surface area contributed by atoms with Gasteiger partial charge in [-0.1, -0.05) is 18.2 Å². The molecule has 0 aliphatic heterocycles. The first-order chi connectivity index (χ1) is 10.5. The molecule has 2 nitrogen and oxygen atoms in total. The zero-order valence-electron chi connectivity index (χ0n) is 12.1. The van der Waals surface area contributed by atoms with Crippen LogP contribution in [-0.2, 0) is 11.2 Å². The van der Waals surface area contributed by atoms with Crippen LogP contribution in [0, 0.1) is 17.5 Å². The van der Waals surface area contributed by atoms with Gasteiger partial charge in [-0.05, 0) is 48.7 Å². The zero-order chi connectivity index (χ0) is 16.1. The molecule has 1 amide bonds. The average molecular weight is 307 g/mol. The molecule has 0 fully saturated rings. The van der Waals surface area contributed by atoms with E-state index in [1.54, 1.807) is 19.1 Å². The van der Waals surface area contributed by atoms with E-state index in [4.69, 9.17) is 0 Å². The molecule has 0 spiro atoms. The number of aryl methyl sites for hydroxylation is 1. The van der Waals surface area contributed by atoms with Crippen LogP contribution in [0.25, 0.3) is 0 Å². The van der Waals surface area contributed by atoms with Gasteiger partial charge in [-0.25, -0.2) is 13.2 Å². The van der Waals surface area contributed by atoms with Gasteiger partial charge in [0.2, 0.25) is 5.91 Å². The van der Waals surface area contributed by atoms with Crippen LogP contribution in [0.5, 0.6) is 0 Å². The minimum atomic E-state index is -0.946. The largest absolute Gasteiger partial charge is 0.350 e. The number of nitrogens with one attached hydrogen (secondary N) is 1. The summed E-state index contributed by atoms with van der Waals surface area (Å²) in [5.74, 6) is -2.44. The molecule has 5 heteroatoms. The second-order valence-corrected chi connectivity index (χ2v) is 5.09. The lowest BCUT2D eigenvalue weighted by molar-refractivity contribution is -0.121. The van der Waals surface area contributed by atoms with Crippen molar-refractivity contribution in [2.24, 2.45) is 0 Å². The number of benzene rings is 2. The smallest absolute Gasteiger partial charge is 0.220 e. The van der Waals surface area contributed by atoms with Gasteiger partial charge in [0.1, 0.15) is 5.82 Å². The van der Waals surface area contributed by atoms with Gasteiger partial charge in [-0.2, -0.15) is 0 Å². The Morgan fingerprint density at radius 3 is 2.55 bits per heavy atom. The van der Waals surface area contributed by atoms with Gasteiger partial charge in [0.15, 0.2) is 11.6 Å². The summed E-state index contributed by atoms with van der Waals surface area (Å²) in [4.78, 5) is 11.9. The molecule has 0 saturated heterocycles. The molecule has 0 aliphatic carbocycles. The van der Waals surface area contributed by atoms with Crippen molar-refractivity contribution in [3.05, 3.63) is 71.0 Å². The summed E-state index contributed by atoms with van der Waals surface area (Å²) in [7, 11) is 0. The minimum absolute atomic E-state index is 0.192. The van der Waals surface area contributed by atoms with Gasteiger partial charge in [0.25, 0.3) is 0 Å². The summed E-state index contributed by atoms with van der Waals surface area (Å²) in [5.41, 5.74) is 1.22. The van der Waals surface area contributed by atoms with Gasteiger partial charge < -0.3 is 5.32 Å². The first-order valence-electron chi connectivity index (χ1n) is 6.94. The van der Waals surface area contributed by atoms with Crippen molar-refractivity contribution in [3.8, 4) is 0 Å². The summed E-state index contributed by atoms with van der Waals surface area (Å²) in [6.07, 6.45) is 0.603. The van der Waals surface area contributed by atoms with Crippen molar-refractivity contribution < 1.29 is 18.0 Å². The van der Waals surface area contributed by atoms with Crippen molar-refractivity contribution in [2.75, 3.05) is 0 Å². The van der Waals surface area contributed by atoms with E-state index in [-0.39, 0.29) is 18.1 Å². The van der Waals surface area contributed by atoms with Crippen molar-refractivity contribution in [2.45, 2.75) is 25.8 Å². The zero-order valence-corrected chi connectivity index (χ0v) is 12.1. The number of hydrogen-bond donors (Lipinski definition) is 1. The molecule has 0 bridgehead atoms. The summed E-state index contributed by atoms with van der Waals surface area (Å²) in [6, 6.07) is 9.14. The van der Waals surface area contributed by atoms with Gasteiger partial charge in [-0.15, -0.1) is 0 Å². The highest BCUT2D eigenvalue weighted by molar-refractivity contribution is 5.76. The lowest BCUT2D eigenvalue weighted by atomic mass is 10.1. The molecule has 1 atom stereocenters. The molecule has 1 unspecified atom stereocenters. The SMILES string of the molecule is CC(NC(=O)CCc1cccc(F)c1)c1ccc(F)c(F)c1. The third kappa shape index (κ3) is 4.35. The van der Waals surface area contributed by atoms with Crippen molar-refractivity contribution >= 4 is 5.91 Å². The molecular weight excluding hydrogens is 291 g/mol. The second-order valence-electron chi connectivity index (χ2n) is 5.09. The maximum atomic E-state index is 13.2. The molecule has 0 aromatic heterocycles.